The van der Waals surface area contributed by atoms with E-state index in [1.807, 2.05) is 12.1 Å². The molecule has 0 bridgehead atoms. The second-order valence-corrected chi connectivity index (χ2v) is 6.56. The minimum absolute atomic E-state index is 0.236. The van der Waals surface area contributed by atoms with Gasteiger partial charge in [0.1, 0.15) is 5.75 Å². The molecule has 0 spiro atoms. The molecule has 3 N–H and O–H groups in total. The summed E-state index contributed by atoms with van der Waals surface area (Å²) >= 11 is 0. The fourth-order valence-electron chi connectivity index (χ4n) is 3.19. The zero-order valence-electron chi connectivity index (χ0n) is 15.0. The van der Waals surface area contributed by atoms with E-state index in [1.54, 1.807) is 12.1 Å². The van der Waals surface area contributed by atoms with E-state index in [-0.39, 0.29) is 6.61 Å². The minimum atomic E-state index is -0.967. The number of carbonyl (C=O) groups excluding carboxylic acids is 2. The van der Waals surface area contributed by atoms with Crippen LogP contribution in [0, 0.1) is 11.8 Å². The highest BCUT2D eigenvalue weighted by molar-refractivity contribution is 5.87. The lowest BCUT2D eigenvalue weighted by Gasteiger charge is -2.27. The summed E-state index contributed by atoms with van der Waals surface area (Å²) in [5.74, 6) is -2.67. The number of aliphatic carboxylic acids is 1. The lowest BCUT2D eigenvalue weighted by molar-refractivity contribution is -0.149. The second-order valence-electron chi connectivity index (χ2n) is 6.56. The normalized spacial score (nSPS) is 19.4. The Hall–Kier alpha value is -2.57. The quantitative estimate of drug-likeness (QED) is 0.644. The van der Waals surface area contributed by atoms with Crippen LogP contribution in [0.25, 0.3) is 0 Å². The van der Waals surface area contributed by atoms with Crippen molar-refractivity contribution in [3.05, 3.63) is 29.8 Å². The summed E-state index contributed by atoms with van der Waals surface area (Å²) in [6, 6.07) is 7.51. The summed E-state index contributed by atoms with van der Waals surface area (Å²) in [5.41, 5.74) is 5.81. The molecule has 1 aliphatic carbocycles. The van der Waals surface area contributed by atoms with Gasteiger partial charge in [0.2, 0.25) is 5.91 Å². The van der Waals surface area contributed by atoms with E-state index in [1.165, 1.54) is 5.56 Å². The molecule has 2 unspecified atom stereocenters. The van der Waals surface area contributed by atoms with Gasteiger partial charge in [0.05, 0.1) is 11.8 Å². The van der Waals surface area contributed by atoms with Crippen LogP contribution in [0.15, 0.2) is 24.3 Å². The zero-order chi connectivity index (χ0) is 18.9. The predicted molar refractivity (Wildman–Crippen MR) is 95.3 cm³/mol. The van der Waals surface area contributed by atoms with Crippen LogP contribution in [0.3, 0.4) is 0 Å². The maximum absolute atomic E-state index is 12.2. The molecule has 0 saturated heterocycles. The molecular weight excluding hydrogens is 336 g/mol. The number of aryl methyl sites for hydroxylation is 1. The molecule has 1 fully saturated rings. The smallest absolute Gasteiger partial charge is 0.307 e. The van der Waals surface area contributed by atoms with Gasteiger partial charge in [-0.05, 0) is 37.0 Å². The molecular formula is C19H26N2O5. The third-order valence-corrected chi connectivity index (χ3v) is 4.58. The highest BCUT2D eigenvalue weighted by Gasteiger charge is 2.35. The third kappa shape index (κ3) is 5.75. The first-order valence-corrected chi connectivity index (χ1v) is 9.04. The van der Waals surface area contributed by atoms with Crippen molar-refractivity contribution in [2.24, 2.45) is 11.8 Å². The first kappa shape index (κ1) is 19.8. The van der Waals surface area contributed by atoms with E-state index in [0.29, 0.717) is 18.6 Å². The number of benzene rings is 1. The molecule has 1 aromatic rings. The number of hydrogen-bond acceptors (Lipinski definition) is 4. The van der Waals surface area contributed by atoms with Gasteiger partial charge in [-0.1, -0.05) is 38.3 Å². The van der Waals surface area contributed by atoms with Crippen molar-refractivity contribution in [1.29, 1.82) is 0 Å². The number of ether oxygens (including phenoxy) is 1. The third-order valence-electron chi connectivity index (χ3n) is 4.58. The molecule has 0 aliphatic heterocycles. The highest BCUT2D eigenvalue weighted by Crippen LogP contribution is 2.30. The van der Waals surface area contributed by atoms with Crippen molar-refractivity contribution >= 4 is 17.8 Å². The Morgan fingerprint density at radius 3 is 2.35 bits per heavy atom. The topological polar surface area (TPSA) is 105 Å². The van der Waals surface area contributed by atoms with Crippen molar-refractivity contribution in [2.75, 3.05) is 6.61 Å². The molecule has 0 radical (unpaired) electrons. The molecule has 142 valence electrons. The van der Waals surface area contributed by atoms with Crippen LogP contribution in [0.5, 0.6) is 5.75 Å². The van der Waals surface area contributed by atoms with Crippen LogP contribution in [-0.2, 0) is 20.8 Å². The van der Waals surface area contributed by atoms with Gasteiger partial charge in [0.15, 0.2) is 6.61 Å². The van der Waals surface area contributed by atoms with E-state index in [0.717, 1.165) is 25.7 Å². The maximum atomic E-state index is 12.2. The summed E-state index contributed by atoms with van der Waals surface area (Å²) < 4.78 is 5.38. The number of carboxylic acids is 1. The molecule has 0 aromatic heterocycles. The summed E-state index contributed by atoms with van der Waals surface area (Å²) in [6.45, 7) is 1.87. The standard InChI is InChI=1S/C19H26N2O5/c1-2-5-13-8-10-14(11-9-13)26-12-17(22)20-21-18(23)15-6-3-4-7-16(15)19(24)25/h8-11,15-16H,2-7,12H2,1H3,(H,20,22)(H,21,23)(H,24,25). The van der Waals surface area contributed by atoms with Gasteiger partial charge in [-0.25, -0.2) is 0 Å². The van der Waals surface area contributed by atoms with Crippen LogP contribution in [0.2, 0.25) is 0 Å². The second kappa shape index (κ2) is 9.79. The molecule has 1 saturated carbocycles. The Morgan fingerprint density at radius 1 is 1.08 bits per heavy atom. The molecule has 1 aromatic carbocycles. The number of carbonyl (C=O) groups is 3. The number of carboxylic acid groups (broad SMARTS) is 1. The fraction of sp³-hybridized carbons (Fsp3) is 0.526. The number of hydrazine groups is 1. The van der Waals surface area contributed by atoms with Crippen LogP contribution in [-0.4, -0.2) is 29.5 Å². The van der Waals surface area contributed by atoms with Crippen LogP contribution < -0.4 is 15.6 Å². The van der Waals surface area contributed by atoms with Crippen molar-refractivity contribution in [2.45, 2.75) is 45.4 Å². The highest BCUT2D eigenvalue weighted by atomic mass is 16.5. The first-order valence-electron chi connectivity index (χ1n) is 9.04. The number of rotatable bonds is 7. The molecule has 0 heterocycles. The van der Waals surface area contributed by atoms with Gasteiger partial charge in [0.25, 0.3) is 5.91 Å². The molecule has 2 rings (SSSR count). The van der Waals surface area contributed by atoms with Crippen LogP contribution in [0.4, 0.5) is 0 Å². The lowest BCUT2D eigenvalue weighted by atomic mass is 9.79. The van der Waals surface area contributed by atoms with Crippen molar-refractivity contribution in [3.63, 3.8) is 0 Å². The largest absolute Gasteiger partial charge is 0.484 e. The number of nitrogens with one attached hydrogen (secondary N) is 2. The monoisotopic (exact) mass is 362 g/mol. The molecule has 7 heteroatoms. The Morgan fingerprint density at radius 2 is 1.73 bits per heavy atom. The van der Waals surface area contributed by atoms with E-state index in [2.05, 4.69) is 17.8 Å². The van der Waals surface area contributed by atoms with Gasteiger partial charge < -0.3 is 9.84 Å². The van der Waals surface area contributed by atoms with Crippen molar-refractivity contribution in [3.8, 4) is 5.75 Å². The Kier molecular flexibility index (Phi) is 7.44. The molecule has 2 atom stereocenters. The fourth-order valence-corrected chi connectivity index (χ4v) is 3.19. The predicted octanol–water partition coefficient (Wildman–Crippen LogP) is 2.06. The molecule has 2 amide bonds. The van der Waals surface area contributed by atoms with E-state index in [9.17, 15) is 19.5 Å². The Labute approximate surface area is 153 Å². The number of hydrogen-bond donors (Lipinski definition) is 3. The van der Waals surface area contributed by atoms with E-state index in [4.69, 9.17) is 4.74 Å². The molecule has 1 aliphatic rings. The molecule has 26 heavy (non-hydrogen) atoms. The minimum Gasteiger partial charge on any atom is -0.484 e. The summed E-state index contributed by atoms with van der Waals surface area (Å²) in [6.07, 6.45) is 4.67. The Balaban J connectivity index is 1.75. The SMILES string of the molecule is CCCc1ccc(OCC(=O)NNC(=O)C2CCCCC2C(=O)O)cc1. The molecule has 7 nitrogen and oxygen atoms in total. The first-order chi connectivity index (χ1) is 12.5. The Bertz CT molecular complexity index is 629. The average Bonchev–Trinajstić information content (AvgIpc) is 2.65. The zero-order valence-corrected chi connectivity index (χ0v) is 15.0. The van der Waals surface area contributed by atoms with E-state index >= 15 is 0 Å². The lowest BCUT2D eigenvalue weighted by Crippen LogP contribution is -2.49. The van der Waals surface area contributed by atoms with Gasteiger partial charge in [-0.2, -0.15) is 0 Å². The van der Waals surface area contributed by atoms with Gasteiger partial charge in [0, 0.05) is 0 Å². The van der Waals surface area contributed by atoms with Gasteiger partial charge in [-0.15, -0.1) is 0 Å². The van der Waals surface area contributed by atoms with Crippen molar-refractivity contribution < 1.29 is 24.2 Å². The number of amides is 2. The van der Waals surface area contributed by atoms with Gasteiger partial charge >= 0.3 is 5.97 Å². The summed E-state index contributed by atoms with van der Waals surface area (Å²) in [5, 5.41) is 9.21. The summed E-state index contributed by atoms with van der Waals surface area (Å²) in [4.78, 5) is 35.2. The van der Waals surface area contributed by atoms with Crippen LogP contribution in [0.1, 0.15) is 44.6 Å². The van der Waals surface area contributed by atoms with Crippen molar-refractivity contribution in [1.82, 2.24) is 10.9 Å². The van der Waals surface area contributed by atoms with E-state index < -0.39 is 29.6 Å². The van der Waals surface area contributed by atoms with Gasteiger partial charge in [-0.3, -0.25) is 25.2 Å². The summed E-state index contributed by atoms with van der Waals surface area (Å²) in [7, 11) is 0. The average molecular weight is 362 g/mol. The maximum Gasteiger partial charge on any atom is 0.307 e. The van der Waals surface area contributed by atoms with Crippen LogP contribution >= 0.6 is 0 Å².